The van der Waals surface area contributed by atoms with Gasteiger partial charge in [-0.15, -0.1) is 11.3 Å². The second-order valence-corrected chi connectivity index (χ2v) is 4.22. The molecule has 3 nitrogen and oxygen atoms in total. The first-order valence-corrected chi connectivity index (χ1v) is 5.32. The zero-order valence-electron chi connectivity index (χ0n) is 7.97. The van der Waals surface area contributed by atoms with E-state index in [2.05, 4.69) is 10.5 Å². The maximum atomic E-state index is 12.3. The number of hydrogen-bond acceptors (Lipinski definition) is 4. The molecule has 0 unspecified atom stereocenters. The largest absolute Gasteiger partial charge is 0.425 e. The molecular formula is C9H7F3N2OS. The lowest BCUT2D eigenvalue weighted by Crippen LogP contribution is -2.28. The van der Waals surface area contributed by atoms with Crippen molar-refractivity contribution < 1.29 is 18.0 Å². The number of hydrazone groups is 1. The Labute approximate surface area is 93.0 Å². The molecule has 0 aromatic carbocycles. The van der Waals surface area contributed by atoms with Gasteiger partial charge in [-0.05, 0) is 6.07 Å². The summed E-state index contributed by atoms with van der Waals surface area (Å²) < 4.78 is 37.0. The third-order valence-corrected chi connectivity index (χ3v) is 3.04. The Morgan fingerprint density at radius 2 is 2.19 bits per heavy atom. The number of carbonyl (C=O) groups excluding carboxylic acids is 1. The van der Waals surface area contributed by atoms with E-state index in [0.717, 1.165) is 6.07 Å². The molecule has 1 N–H and O–H groups in total. The quantitative estimate of drug-likeness (QED) is 0.826. The molecule has 2 heterocycles. The standard InChI is InChI=1S/C9H7F3N2OS/c10-9(11,12)8-1-5(4-16-8)7-2-6(15)3-13-14-7/h1,4,13H,2-3H2. The number of rotatable bonds is 1. The van der Waals surface area contributed by atoms with Gasteiger partial charge < -0.3 is 5.43 Å². The Morgan fingerprint density at radius 3 is 2.75 bits per heavy atom. The molecule has 1 aromatic rings. The number of hydrogen-bond donors (Lipinski definition) is 1. The highest BCUT2D eigenvalue weighted by Gasteiger charge is 2.33. The van der Waals surface area contributed by atoms with Crippen molar-refractivity contribution in [3.8, 4) is 0 Å². The van der Waals surface area contributed by atoms with Crippen molar-refractivity contribution in [1.29, 1.82) is 0 Å². The second-order valence-electron chi connectivity index (χ2n) is 3.31. The summed E-state index contributed by atoms with van der Waals surface area (Å²) in [5, 5.41) is 5.19. The Balaban J connectivity index is 2.25. The molecule has 86 valence electrons. The number of thiophene rings is 1. The molecule has 0 bridgehead atoms. The monoisotopic (exact) mass is 248 g/mol. The lowest BCUT2D eigenvalue weighted by atomic mass is 10.1. The van der Waals surface area contributed by atoms with Crippen LogP contribution in [-0.4, -0.2) is 18.0 Å². The van der Waals surface area contributed by atoms with Crippen molar-refractivity contribution >= 4 is 22.8 Å². The first kappa shape index (κ1) is 11.1. The third-order valence-electron chi connectivity index (χ3n) is 2.07. The van der Waals surface area contributed by atoms with Crippen LogP contribution < -0.4 is 5.43 Å². The first-order chi connectivity index (χ1) is 7.47. The van der Waals surface area contributed by atoms with E-state index >= 15 is 0 Å². The van der Waals surface area contributed by atoms with Gasteiger partial charge in [-0.25, -0.2) is 0 Å². The summed E-state index contributed by atoms with van der Waals surface area (Å²) in [5.74, 6) is -0.0789. The second kappa shape index (κ2) is 3.89. The van der Waals surface area contributed by atoms with E-state index < -0.39 is 11.1 Å². The minimum absolute atomic E-state index is 0.0789. The van der Waals surface area contributed by atoms with Crippen LogP contribution in [0.5, 0.6) is 0 Å². The van der Waals surface area contributed by atoms with Crippen molar-refractivity contribution in [2.24, 2.45) is 5.10 Å². The Morgan fingerprint density at radius 1 is 1.44 bits per heavy atom. The van der Waals surface area contributed by atoms with E-state index in [1.807, 2.05) is 0 Å². The highest BCUT2D eigenvalue weighted by atomic mass is 32.1. The van der Waals surface area contributed by atoms with E-state index in [9.17, 15) is 18.0 Å². The van der Waals surface area contributed by atoms with Crippen LogP contribution in [0.25, 0.3) is 0 Å². The molecule has 0 amide bonds. The normalized spacial score (nSPS) is 16.9. The maximum absolute atomic E-state index is 12.3. The van der Waals surface area contributed by atoms with Crippen LogP contribution in [0.2, 0.25) is 0 Å². The summed E-state index contributed by atoms with van der Waals surface area (Å²) in [4.78, 5) is 10.4. The minimum atomic E-state index is -4.34. The van der Waals surface area contributed by atoms with Crippen molar-refractivity contribution in [1.82, 2.24) is 5.43 Å². The van der Waals surface area contributed by atoms with Gasteiger partial charge in [0.15, 0.2) is 5.78 Å². The number of halogens is 3. The van der Waals surface area contributed by atoms with Crippen molar-refractivity contribution in [2.45, 2.75) is 12.6 Å². The fourth-order valence-corrected chi connectivity index (χ4v) is 2.10. The molecular weight excluding hydrogens is 241 g/mol. The molecule has 0 atom stereocenters. The lowest BCUT2D eigenvalue weighted by molar-refractivity contribution is -0.134. The van der Waals surface area contributed by atoms with E-state index in [4.69, 9.17) is 0 Å². The van der Waals surface area contributed by atoms with Gasteiger partial charge in [-0.3, -0.25) is 4.79 Å². The molecule has 2 rings (SSSR count). The van der Waals surface area contributed by atoms with E-state index in [0.29, 0.717) is 22.6 Å². The molecule has 1 aliphatic rings. The highest BCUT2D eigenvalue weighted by Crippen LogP contribution is 2.34. The Kier molecular flexibility index (Phi) is 2.71. The summed E-state index contributed by atoms with van der Waals surface area (Å²) in [6.45, 7) is 0.139. The van der Waals surface area contributed by atoms with Crippen LogP contribution in [0.15, 0.2) is 16.5 Å². The smallest absolute Gasteiger partial charge is 0.302 e. The van der Waals surface area contributed by atoms with Gasteiger partial charge in [0.25, 0.3) is 0 Å². The molecule has 0 spiro atoms. The average Bonchev–Trinajstić information content (AvgIpc) is 2.65. The van der Waals surface area contributed by atoms with E-state index in [-0.39, 0.29) is 18.7 Å². The highest BCUT2D eigenvalue weighted by molar-refractivity contribution is 7.10. The topological polar surface area (TPSA) is 41.5 Å². The molecule has 0 saturated heterocycles. The van der Waals surface area contributed by atoms with E-state index in [1.165, 1.54) is 5.38 Å². The summed E-state index contributed by atoms with van der Waals surface area (Å²) >= 11 is 0.606. The number of carbonyl (C=O) groups is 1. The number of nitrogens with one attached hydrogen (secondary N) is 1. The molecule has 16 heavy (non-hydrogen) atoms. The predicted molar refractivity (Wildman–Crippen MR) is 53.5 cm³/mol. The first-order valence-electron chi connectivity index (χ1n) is 4.44. The van der Waals surface area contributed by atoms with Crippen molar-refractivity contribution in [2.75, 3.05) is 6.54 Å². The molecule has 0 aliphatic carbocycles. The van der Waals surface area contributed by atoms with Crippen LogP contribution in [0, 0.1) is 0 Å². The van der Waals surface area contributed by atoms with Crippen LogP contribution >= 0.6 is 11.3 Å². The third kappa shape index (κ3) is 2.24. The molecule has 0 fully saturated rings. The Hall–Kier alpha value is -1.37. The van der Waals surface area contributed by atoms with Crippen molar-refractivity contribution in [3.63, 3.8) is 0 Å². The summed E-state index contributed by atoms with van der Waals surface area (Å²) in [5.41, 5.74) is 3.22. The minimum Gasteiger partial charge on any atom is -0.302 e. The molecule has 1 aromatic heterocycles. The van der Waals surface area contributed by atoms with Crippen LogP contribution in [0.3, 0.4) is 0 Å². The number of ketones is 1. The summed E-state index contributed by atoms with van der Waals surface area (Å²) in [6.07, 6.45) is -4.25. The van der Waals surface area contributed by atoms with Crippen molar-refractivity contribution in [3.05, 3.63) is 21.9 Å². The molecule has 1 aliphatic heterocycles. The van der Waals surface area contributed by atoms with Gasteiger partial charge in [-0.2, -0.15) is 18.3 Å². The van der Waals surface area contributed by atoms with Gasteiger partial charge >= 0.3 is 6.18 Å². The molecule has 0 radical (unpaired) electrons. The molecule has 7 heteroatoms. The average molecular weight is 248 g/mol. The summed E-state index contributed by atoms with van der Waals surface area (Å²) in [6, 6.07) is 1.02. The zero-order chi connectivity index (χ0) is 11.8. The van der Waals surface area contributed by atoms with Crippen LogP contribution in [0.4, 0.5) is 13.2 Å². The predicted octanol–water partition coefficient (Wildman–Crippen LogP) is 2.03. The van der Waals surface area contributed by atoms with E-state index in [1.54, 1.807) is 0 Å². The number of nitrogens with zero attached hydrogens (tertiary/aromatic N) is 1. The SMILES string of the molecule is O=C1CNN=C(c2csc(C(F)(F)F)c2)C1. The van der Waals surface area contributed by atoms with Gasteiger partial charge in [0.2, 0.25) is 0 Å². The van der Waals surface area contributed by atoms with Gasteiger partial charge in [0, 0.05) is 10.9 Å². The van der Waals surface area contributed by atoms with Crippen LogP contribution in [-0.2, 0) is 11.0 Å². The maximum Gasteiger partial charge on any atom is 0.425 e. The van der Waals surface area contributed by atoms with Gasteiger partial charge in [0.1, 0.15) is 4.88 Å². The number of Topliss-reactive ketones (excluding diaryl/α,β-unsaturated/α-hetero) is 1. The fraction of sp³-hybridized carbons (Fsp3) is 0.333. The van der Waals surface area contributed by atoms with Crippen LogP contribution in [0.1, 0.15) is 16.9 Å². The molecule has 0 saturated carbocycles. The van der Waals surface area contributed by atoms with Gasteiger partial charge in [-0.1, -0.05) is 0 Å². The summed E-state index contributed by atoms with van der Waals surface area (Å²) in [7, 11) is 0. The Bertz CT molecular complexity index is 450. The zero-order valence-corrected chi connectivity index (χ0v) is 8.78. The fourth-order valence-electron chi connectivity index (χ4n) is 1.31. The lowest BCUT2D eigenvalue weighted by Gasteiger charge is -2.10. The number of alkyl halides is 3. The van der Waals surface area contributed by atoms with Gasteiger partial charge in [0.05, 0.1) is 18.7 Å².